The zero-order valence-electron chi connectivity index (χ0n) is 13.8. The summed E-state index contributed by atoms with van der Waals surface area (Å²) in [5, 5.41) is 0. The van der Waals surface area contributed by atoms with E-state index in [0.29, 0.717) is 19.8 Å². The fourth-order valence-electron chi connectivity index (χ4n) is 2.18. The van der Waals surface area contributed by atoms with Gasteiger partial charge in [0.1, 0.15) is 0 Å². The summed E-state index contributed by atoms with van der Waals surface area (Å²) in [6, 6.07) is 5.73. The molecule has 134 valence electrons. The van der Waals surface area contributed by atoms with Gasteiger partial charge in [0, 0.05) is 32.9 Å². The van der Waals surface area contributed by atoms with Crippen molar-refractivity contribution in [2.24, 2.45) is 0 Å². The molecule has 1 fully saturated rings. The van der Waals surface area contributed by atoms with Gasteiger partial charge in [0.15, 0.2) is 0 Å². The zero-order valence-corrected chi connectivity index (χ0v) is 15.4. The van der Waals surface area contributed by atoms with Crippen molar-refractivity contribution in [2.75, 3.05) is 39.9 Å². The average molecular weight is 374 g/mol. The lowest BCUT2D eigenvalue weighted by Gasteiger charge is -2.25. The van der Waals surface area contributed by atoms with Gasteiger partial charge in [-0.1, -0.05) is 23.8 Å². The maximum atomic E-state index is 12.4. The first-order chi connectivity index (χ1) is 11.2. The quantitative estimate of drug-likeness (QED) is 0.685. The summed E-state index contributed by atoms with van der Waals surface area (Å²) >= 11 is 0. The van der Waals surface area contributed by atoms with Crippen LogP contribution < -0.4 is 0 Å². The Morgan fingerprint density at radius 3 is 2.29 bits per heavy atom. The SMILES string of the molecule is Cc1ccc(S(=O)(=O)S(=O)(=O)N(C)/C=C/CN2CCOCC2)cc1. The van der Waals surface area contributed by atoms with Crippen LogP contribution in [-0.2, 0) is 22.7 Å². The highest BCUT2D eigenvalue weighted by Gasteiger charge is 2.34. The van der Waals surface area contributed by atoms with Crippen LogP contribution in [0.3, 0.4) is 0 Å². The van der Waals surface area contributed by atoms with Gasteiger partial charge in [0.2, 0.25) is 0 Å². The fraction of sp³-hybridized carbons (Fsp3) is 0.467. The third kappa shape index (κ3) is 4.15. The van der Waals surface area contributed by atoms with Gasteiger partial charge in [0.25, 0.3) is 8.87 Å². The molecule has 0 radical (unpaired) electrons. The van der Waals surface area contributed by atoms with Crippen molar-refractivity contribution in [3.8, 4) is 0 Å². The Balaban J connectivity index is 2.11. The van der Waals surface area contributed by atoms with Crippen LogP contribution in [0.2, 0.25) is 0 Å². The normalized spacial score (nSPS) is 17.2. The summed E-state index contributed by atoms with van der Waals surface area (Å²) in [5.41, 5.74) is 0.852. The molecule has 0 spiro atoms. The van der Waals surface area contributed by atoms with Gasteiger partial charge in [-0.25, -0.2) is 8.42 Å². The van der Waals surface area contributed by atoms with E-state index in [1.807, 2.05) is 0 Å². The second kappa shape index (κ2) is 7.64. The molecule has 1 aliphatic heterocycles. The number of aryl methyl sites for hydroxylation is 1. The first-order valence-corrected chi connectivity index (χ1v) is 11.0. The molecule has 0 bridgehead atoms. The minimum atomic E-state index is -4.53. The number of nitrogens with zero attached hydrogens (tertiary/aromatic N) is 2. The van der Waals surface area contributed by atoms with E-state index in [4.69, 9.17) is 4.74 Å². The Kier molecular flexibility index (Phi) is 6.02. The molecule has 0 aliphatic carbocycles. The maximum absolute atomic E-state index is 12.4. The molecule has 1 saturated heterocycles. The summed E-state index contributed by atoms with van der Waals surface area (Å²) in [4.78, 5) is 1.86. The van der Waals surface area contributed by atoms with Crippen LogP contribution in [0, 0.1) is 6.92 Å². The van der Waals surface area contributed by atoms with Gasteiger partial charge in [-0.2, -0.15) is 8.42 Å². The van der Waals surface area contributed by atoms with Crippen LogP contribution in [0.15, 0.2) is 41.4 Å². The van der Waals surface area contributed by atoms with Gasteiger partial charge in [-0.15, -0.1) is 0 Å². The van der Waals surface area contributed by atoms with E-state index in [0.717, 1.165) is 23.0 Å². The Labute approximate surface area is 142 Å². The second-order valence-electron chi connectivity index (χ2n) is 5.54. The molecule has 2 rings (SSSR count). The Hall–Kier alpha value is -1.42. The van der Waals surface area contributed by atoms with E-state index in [9.17, 15) is 16.8 Å². The molecule has 0 unspecified atom stereocenters. The summed E-state index contributed by atoms with van der Waals surface area (Å²) in [6.45, 7) is 5.15. The molecule has 0 atom stereocenters. The van der Waals surface area contributed by atoms with Crippen LogP contribution in [0.5, 0.6) is 0 Å². The third-order valence-electron chi connectivity index (χ3n) is 3.72. The molecule has 0 aromatic heterocycles. The van der Waals surface area contributed by atoms with Crippen molar-refractivity contribution >= 4 is 17.9 Å². The predicted molar refractivity (Wildman–Crippen MR) is 91.4 cm³/mol. The number of rotatable bonds is 6. The number of morpholine rings is 1. The van der Waals surface area contributed by atoms with Crippen molar-refractivity contribution in [2.45, 2.75) is 11.8 Å². The van der Waals surface area contributed by atoms with Gasteiger partial charge in [-0.3, -0.25) is 9.21 Å². The number of hydrogen-bond donors (Lipinski definition) is 0. The summed E-state index contributed by atoms with van der Waals surface area (Å²) < 4.78 is 55.5. The molecular weight excluding hydrogens is 352 g/mol. The van der Waals surface area contributed by atoms with E-state index < -0.39 is 17.9 Å². The molecular formula is C15H22N2O5S2. The minimum Gasteiger partial charge on any atom is -0.379 e. The second-order valence-corrected chi connectivity index (χ2v) is 10.9. The molecule has 0 saturated carbocycles. The Bertz CT molecular complexity index is 780. The van der Waals surface area contributed by atoms with Crippen molar-refractivity contribution in [3.63, 3.8) is 0 Å². The number of hydrogen-bond acceptors (Lipinski definition) is 6. The molecule has 0 N–H and O–H groups in total. The van der Waals surface area contributed by atoms with Crippen molar-refractivity contribution < 1.29 is 21.6 Å². The smallest absolute Gasteiger partial charge is 0.345 e. The van der Waals surface area contributed by atoms with Gasteiger partial charge in [0.05, 0.1) is 18.1 Å². The highest BCUT2D eigenvalue weighted by molar-refractivity contribution is 8.66. The Morgan fingerprint density at radius 1 is 1.12 bits per heavy atom. The monoisotopic (exact) mass is 374 g/mol. The Morgan fingerprint density at radius 2 is 1.71 bits per heavy atom. The van der Waals surface area contributed by atoms with Crippen molar-refractivity contribution in [1.29, 1.82) is 0 Å². The molecule has 9 heteroatoms. The van der Waals surface area contributed by atoms with Gasteiger partial charge < -0.3 is 4.74 Å². The topological polar surface area (TPSA) is 84.0 Å². The largest absolute Gasteiger partial charge is 0.379 e. The summed E-state index contributed by atoms with van der Waals surface area (Å²) in [7, 11) is -7.81. The van der Waals surface area contributed by atoms with E-state index in [-0.39, 0.29) is 4.90 Å². The molecule has 1 aromatic rings. The van der Waals surface area contributed by atoms with Gasteiger partial charge >= 0.3 is 9.06 Å². The number of ether oxygens (including phenoxy) is 1. The molecule has 0 amide bonds. The van der Waals surface area contributed by atoms with E-state index in [1.54, 1.807) is 25.1 Å². The standard InChI is InChI=1S/C15H22N2O5S2/c1-14-4-6-15(7-5-14)23(18,19)24(20,21)16(2)8-3-9-17-10-12-22-13-11-17/h3-8H,9-13H2,1-2H3/b8-3+. The molecule has 1 heterocycles. The summed E-state index contributed by atoms with van der Waals surface area (Å²) in [6.07, 6.45) is 2.91. The first kappa shape index (κ1) is 18.9. The van der Waals surface area contributed by atoms with E-state index in [1.165, 1.54) is 25.4 Å². The van der Waals surface area contributed by atoms with E-state index in [2.05, 4.69) is 4.90 Å². The lowest BCUT2D eigenvalue weighted by atomic mass is 10.2. The van der Waals surface area contributed by atoms with Crippen molar-refractivity contribution in [3.05, 3.63) is 42.1 Å². The fourth-order valence-corrected chi connectivity index (χ4v) is 5.58. The van der Waals surface area contributed by atoms with Crippen LogP contribution >= 0.6 is 0 Å². The van der Waals surface area contributed by atoms with Gasteiger partial charge in [-0.05, 0) is 19.1 Å². The highest BCUT2D eigenvalue weighted by atomic mass is 33.2. The first-order valence-electron chi connectivity index (χ1n) is 7.51. The molecule has 7 nitrogen and oxygen atoms in total. The lowest BCUT2D eigenvalue weighted by molar-refractivity contribution is 0.0433. The van der Waals surface area contributed by atoms with Crippen LogP contribution in [0.4, 0.5) is 0 Å². The molecule has 1 aliphatic rings. The van der Waals surface area contributed by atoms with Crippen LogP contribution in [0.1, 0.15) is 5.56 Å². The van der Waals surface area contributed by atoms with E-state index >= 15 is 0 Å². The number of benzene rings is 1. The lowest BCUT2D eigenvalue weighted by Crippen LogP contribution is -2.36. The average Bonchev–Trinajstić information content (AvgIpc) is 2.56. The summed E-state index contributed by atoms with van der Waals surface area (Å²) in [5.74, 6) is 0. The maximum Gasteiger partial charge on any atom is 0.345 e. The van der Waals surface area contributed by atoms with Crippen molar-refractivity contribution in [1.82, 2.24) is 9.21 Å². The van der Waals surface area contributed by atoms with Crippen LogP contribution in [-0.4, -0.2) is 65.9 Å². The molecule has 24 heavy (non-hydrogen) atoms. The predicted octanol–water partition coefficient (Wildman–Crippen LogP) is 0.791. The zero-order chi connectivity index (χ0) is 17.8. The third-order valence-corrected chi connectivity index (χ3v) is 8.90. The van der Waals surface area contributed by atoms with Crippen LogP contribution in [0.25, 0.3) is 0 Å². The molecule has 1 aromatic carbocycles. The minimum absolute atomic E-state index is 0.235. The highest BCUT2D eigenvalue weighted by Crippen LogP contribution is 2.20.